The first-order valence-corrected chi connectivity index (χ1v) is 6.32. The van der Waals surface area contributed by atoms with Crippen molar-refractivity contribution in [2.75, 3.05) is 13.1 Å². The first-order chi connectivity index (χ1) is 9.75. The molecule has 10 nitrogen and oxygen atoms in total. The number of amides is 2. The number of carbonyl (C=O) groups excluding carboxylic acids is 1. The van der Waals surface area contributed by atoms with Crippen molar-refractivity contribution in [2.24, 2.45) is 22.2 Å². The number of hydrogen-bond acceptors (Lipinski definition) is 5. The van der Waals surface area contributed by atoms with E-state index < -0.39 is 18.1 Å². The number of aliphatic carboxylic acids is 1. The summed E-state index contributed by atoms with van der Waals surface area (Å²) in [5.74, 6) is -1.26. The number of aliphatic imine (C=N–C) groups is 1. The molecule has 0 spiro atoms. The van der Waals surface area contributed by atoms with Gasteiger partial charge in [-0.05, 0) is 19.3 Å². The van der Waals surface area contributed by atoms with Gasteiger partial charge in [0.15, 0.2) is 5.96 Å². The molecule has 0 aromatic rings. The van der Waals surface area contributed by atoms with Gasteiger partial charge in [0.2, 0.25) is 5.91 Å². The van der Waals surface area contributed by atoms with Gasteiger partial charge in [-0.3, -0.25) is 14.6 Å². The molecule has 1 heterocycles. The van der Waals surface area contributed by atoms with Gasteiger partial charge in [0.1, 0.15) is 6.04 Å². The van der Waals surface area contributed by atoms with E-state index >= 15 is 0 Å². The van der Waals surface area contributed by atoms with Crippen LogP contribution >= 0.6 is 0 Å². The highest BCUT2D eigenvalue weighted by molar-refractivity contribution is 5.92. The molecule has 0 aromatic carbocycles. The van der Waals surface area contributed by atoms with Crippen LogP contribution in [0, 0.1) is 0 Å². The van der Waals surface area contributed by atoms with E-state index in [4.69, 9.17) is 27.4 Å². The Kier molecular flexibility index (Phi) is 8.46. The van der Waals surface area contributed by atoms with Gasteiger partial charge in [0.05, 0.1) is 0 Å². The maximum Gasteiger partial charge on any atom is 0.414 e. The fourth-order valence-corrected chi connectivity index (χ4v) is 1.49. The number of carboxylic acid groups (broad SMARTS) is 2. The molecule has 2 amide bonds. The number of nitrogens with two attached hydrogens (primary N) is 3. The Morgan fingerprint density at radius 2 is 1.95 bits per heavy atom. The third-order valence-corrected chi connectivity index (χ3v) is 2.59. The van der Waals surface area contributed by atoms with Crippen LogP contribution in [0.25, 0.3) is 0 Å². The highest BCUT2D eigenvalue weighted by Crippen LogP contribution is 2.08. The number of rotatable bonds is 5. The van der Waals surface area contributed by atoms with Crippen LogP contribution in [0.1, 0.15) is 25.7 Å². The Morgan fingerprint density at radius 1 is 1.33 bits per heavy atom. The molecule has 1 aliphatic rings. The van der Waals surface area contributed by atoms with Gasteiger partial charge in [0.25, 0.3) is 0 Å². The molecule has 8 N–H and O–H groups in total. The summed E-state index contributed by atoms with van der Waals surface area (Å²) in [7, 11) is 0. The lowest BCUT2D eigenvalue weighted by molar-refractivity contribution is -0.138. The monoisotopic (exact) mass is 303 g/mol. The number of carbonyl (C=O) groups is 3. The lowest BCUT2D eigenvalue weighted by Crippen LogP contribution is -2.30. The minimum absolute atomic E-state index is 0.0129. The first kappa shape index (κ1) is 18.6. The summed E-state index contributed by atoms with van der Waals surface area (Å²) in [5.41, 5.74) is 15.3. The Morgan fingerprint density at radius 3 is 2.29 bits per heavy atom. The summed E-state index contributed by atoms with van der Waals surface area (Å²) in [6.07, 6.45) is 0.882. The van der Waals surface area contributed by atoms with E-state index in [1.54, 1.807) is 0 Å². The molecule has 0 aromatic heterocycles. The molecule has 1 fully saturated rings. The van der Waals surface area contributed by atoms with Crippen LogP contribution in [0.4, 0.5) is 4.79 Å². The van der Waals surface area contributed by atoms with Crippen molar-refractivity contribution in [1.82, 2.24) is 4.90 Å². The summed E-state index contributed by atoms with van der Waals surface area (Å²) in [4.78, 5) is 35.4. The zero-order chi connectivity index (χ0) is 16.4. The normalized spacial score (nSPS) is 14.9. The van der Waals surface area contributed by atoms with Crippen LogP contribution in [0.2, 0.25) is 0 Å². The molecule has 0 bridgehead atoms. The molecule has 0 aliphatic carbocycles. The molecule has 0 radical (unpaired) electrons. The fraction of sp³-hybridized carbons (Fsp3) is 0.636. The van der Waals surface area contributed by atoms with Gasteiger partial charge in [0, 0.05) is 19.5 Å². The maximum absolute atomic E-state index is 10.6. The molecular formula is C11H21N5O5. The summed E-state index contributed by atoms with van der Waals surface area (Å²) >= 11 is 0. The second kappa shape index (κ2) is 9.53. The lowest BCUT2D eigenvalue weighted by atomic mass is 10.2. The van der Waals surface area contributed by atoms with Crippen LogP contribution in [-0.4, -0.2) is 58.2 Å². The van der Waals surface area contributed by atoms with E-state index in [2.05, 4.69) is 4.99 Å². The second-order valence-corrected chi connectivity index (χ2v) is 4.33. The molecule has 120 valence electrons. The average Bonchev–Trinajstić information content (AvgIpc) is 2.81. The zero-order valence-corrected chi connectivity index (χ0v) is 11.6. The molecule has 10 heteroatoms. The SMILES string of the molecule is NC(N)=NCCC[C@H](N)C(=O)O.O=C(O)N1CCCC1=O. The Hall–Kier alpha value is -2.36. The number of guanidine groups is 1. The standard InChI is InChI=1S/C6H14N4O2.C5H7NO3/c7-4(5(11)12)2-1-3-10-6(8)9;7-4-2-1-3-6(4)5(8)9/h4H,1-3,7H2,(H,11,12)(H4,8,9,10);1-3H2,(H,8,9)/t4-;/m0./s1. The van der Waals surface area contributed by atoms with Gasteiger partial charge < -0.3 is 27.4 Å². The molecular weight excluding hydrogens is 282 g/mol. The average molecular weight is 303 g/mol. The molecule has 0 saturated carbocycles. The third-order valence-electron chi connectivity index (χ3n) is 2.59. The van der Waals surface area contributed by atoms with E-state index in [1.165, 1.54) is 0 Å². The molecule has 0 unspecified atom stereocenters. The van der Waals surface area contributed by atoms with E-state index in [9.17, 15) is 14.4 Å². The lowest BCUT2D eigenvalue weighted by Gasteiger charge is -2.05. The molecule has 21 heavy (non-hydrogen) atoms. The predicted octanol–water partition coefficient (Wildman–Crippen LogP) is -1.26. The Labute approximate surface area is 121 Å². The molecule has 1 atom stereocenters. The van der Waals surface area contributed by atoms with Crippen LogP contribution in [-0.2, 0) is 9.59 Å². The quantitative estimate of drug-likeness (QED) is 0.236. The molecule has 1 rings (SSSR count). The van der Waals surface area contributed by atoms with Crippen molar-refractivity contribution < 1.29 is 24.6 Å². The van der Waals surface area contributed by atoms with Gasteiger partial charge in [-0.15, -0.1) is 0 Å². The number of likely N-dealkylation sites (tertiary alicyclic amines) is 1. The van der Waals surface area contributed by atoms with Crippen molar-refractivity contribution in [1.29, 1.82) is 0 Å². The van der Waals surface area contributed by atoms with Gasteiger partial charge in [-0.25, -0.2) is 9.69 Å². The van der Waals surface area contributed by atoms with Gasteiger partial charge in [-0.2, -0.15) is 0 Å². The zero-order valence-electron chi connectivity index (χ0n) is 11.6. The topological polar surface area (TPSA) is 185 Å². The number of imide groups is 1. The predicted molar refractivity (Wildman–Crippen MR) is 74.5 cm³/mol. The summed E-state index contributed by atoms with van der Waals surface area (Å²) < 4.78 is 0. The minimum atomic E-state index is -1.13. The summed E-state index contributed by atoms with van der Waals surface area (Å²) in [6, 6.07) is -0.820. The fourth-order valence-electron chi connectivity index (χ4n) is 1.49. The van der Waals surface area contributed by atoms with E-state index in [0.29, 0.717) is 38.8 Å². The van der Waals surface area contributed by atoms with Gasteiger partial charge in [-0.1, -0.05) is 0 Å². The van der Waals surface area contributed by atoms with Crippen LogP contribution in [0.3, 0.4) is 0 Å². The maximum atomic E-state index is 10.6. The van der Waals surface area contributed by atoms with Crippen molar-refractivity contribution >= 4 is 23.9 Å². The Bertz CT molecular complexity index is 408. The second-order valence-electron chi connectivity index (χ2n) is 4.33. The number of nitrogens with zero attached hydrogens (tertiary/aromatic N) is 2. The highest BCUT2D eigenvalue weighted by atomic mass is 16.4. The molecule has 1 aliphatic heterocycles. The van der Waals surface area contributed by atoms with E-state index in [0.717, 1.165) is 4.90 Å². The minimum Gasteiger partial charge on any atom is -0.480 e. The van der Waals surface area contributed by atoms with Gasteiger partial charge >= 0.3 is 12.1 Å². The van der Waals surface area contributed by atoms with Crippen molar-refractivity contribution in [3.63, 3.8) is 0 Å². The Balaban J connectivity index is 0.000000394. The van der Waals surface area contributed by atoms with Crippen LogP contribution < -0.4 is 17.2 Å². The summed E-state index contributed by atoms with van der Waals surface area (Å²) in [5, 5.41) is 16.7. The van der Waals surface area contributed by atoms with Crippen LogP contribution in [0.15, 0.2) is 4.99 Å². The highest BCUT2D eigenvalue weighted by Gasteiger charge is 2.25. The first-order valence-electron chi connectivity index (χ1n) is 6.32. The largest absolute Gasteiger partial charge is 0.480 e. The van der Waals surface area contributed by atoms with E-state index in [-0.39, 0.29) is 11.9 Å². The van der Waals surface area contributed by atoms with Crippen molar-refractivity contribution in [2.45, 2.75) is 31.7 Å². The molecule has 1 saturated heterocycles. The smallest absolute Gasteiger partial charge is 0.414 e. The van der Waals surface area contributed by atoms with Crippen molar-refractivity contribution in [3.05, 3.63) is 0 Å². The van der Waals surface area contributed by atoms with Crippen molar-refractivity contribution in [3.8, 4) is 0 Å². The number of carboxylic acids is 1. The van der Waals surface area contributed by atoms with Crippen LogP contribution in [0.5, 0.6) is 0 Å². The third kappa shape index (κ3) is 8.42. The van der Waals surface area contributed by atoms with E-state index in [1.807, 2.05) is 0 Å². The summed E-state index contributed by atoms with van der Waals surface area (Å²) in [6.45, 7) is 0.789. The number of hydrogen-bond donors (Lipinski definition) is 5.